The molecule has 1 aromatic heterocycles. The van der Waals surface area contributed by atoms with Gasteiger partial charge in [-0.15, -0.1) is 0 Å². The molecule has 0 amide bonds. The summed E-state index contributed by atoms with van der Waals surface area (Å²) >= 11 is 0. The van der Waals surface area contributed by atoms with Gasteiger partial charge in [0.2, 0.25) is 0 Å². The summed E-state index contributed by atoms with van der Waals surface area (Å²) in [6, 6.07) is 3.74. The third-order valence-corrected chi connectivity index (χ3v) is 3.05. The van der Waals surface area contributed by atoms with Crippen molar-refractivity contribution < 1.29 is 4.74 Å². The van der Waals surface area contributed by atoms with Crippen molar-refractivity contribution in [1.29, 1.82) is 5.26 Å². The number of anilines is 2. The number of aromatic nitrogens is 1. The first-order valence-electron chi connectivity index (χ1n) is 5.64. The molecule has 0 aromatic carbocycles. The van der Waals surface area contributed by atoms with E-state index in [-0.39, 0.29) is 5.54 Å². The summed E-state index contributed by atoms with van der Waals surface area (Å²) in [5.41, 5.74) is 6.53. The van der Waals surface area contributed by atoms with Crippen LogP contribution in [-0.4, -0.2) is 23.7 Å². The fourth-order valence-electron chi connectivity index (χ4n) is 1.90. The zero-order valence-corrected chi connectivity index (χ0v) is 9.86. The fourth-order valence-corrected chi connectivity index (χ4v) is 1.90. The SMILES string of the molecule is CC1(Nc2ncc(N)cc2C#N)CCOCC1. The highest BCUT2D eigenvalue weighted by Gasteiger charge is 2.28. The Bertz CT molecular complexity index is 446. The van der Waals surface area contributed by atoms with Crippen molar-refractivity contribution in [3.05, 3.63) is 17.8 Å². The zero-order valence-electron chi connectivity index (χ0n) is 9.86. The van der Waals surface area contributed by atoms with Crippen molar-refractivity contribution in [2.75, 3.05) is 24.3 Å². The van der Waals surface area contributed by atoms with Crippen molar-refractivity contribution >= 4 is 11.5 Å². The molecule has 2 heterocycles. The third kappa shape index (κ3) is 2.66. The predicted molar refractivity (Wildman–Crippen MR) is 65.4 cm³/mol. The summed E-state index contributed by atoms with van der Waals surface area (Å²) in [6.45, 7) is 3.59. The van der Waals surface area contributed by atoms with Crippen molar-refractivity contribution in [3.63, 3.8) is 0 Å². The van der Waals surface area contributed by atoms with Crippen LogP contribution in [0.3, 0.4) is 0 Å². The van der Waals surface area contributed by atoms with Gasteiger partial charge in [0.15, 0.2) is 0 Å². The number of rotatable bonds is 2. The van der Waals surface area contributed by atoms with Crippen LogP contribution in [0.4, 0.5) is 11.5 Å². The van der Waals surface area contributed by atoms with Gasteiger partial charge in [-0.05, 0) is 25.8 Å². The number of hydrogen-bond donors (Lipinski definition) is 2. The van der Waals surface area contributed by atoms with Crippen molar-refractivity contribution in [2.24, 2.45) is 0 Å². The summed E-state index contributed by atoms with van der Waals surface area (Å²) in [5.74, 6) is 0.603. The quantitative estimate of drug-likeness (QED) is 0.807. The van der Waals surface area contributed by atoms with Gasteiger partial charge in [0, 0.05) is 18.8 Å². The number of nitrogens with zero attached hydrogens (tertiary/aromatic N) is 2. The predicted octanol–water partition coefficient (Wildman–Crippen LogP) is 1.52. The van der Waals surface area contributed by atoms with Crippen LogP contribution in [0.15, 0.2) is 12.3 Å². The molecule has 0 aliphatic carbocycles. The first-order chi connectivity index (χ1) is 8.13. The Labute approximate surface area is 101 Å². The zero-order chi connectivity index (χ0) is 12.3. The lowest BCUT2D eigenvalue weighted by Crippen LogP contribution is -2.41. The molecule has 0 saturated carbocycles. The first kappa shape index (κ1) is 11.7. The van der Waals surface area contributed by atoms with Crippen LogP contribution in [0.5, 0.6) is 0 Å². The van der Waals surface area contributed by atoms with E-state index in [0.717, 1.165) is 26.1 Å². The Kier molecular flexibility index (Phi) is 3.16. The molecular weight excluding hydrogens is 216 g/mol. The van der Waals surface area contributed by atoms with E-state index in [1.54, 1.807) is 12.3 Å². The summed E-state index contributed by atoms with van der Waals surface area (Å²) < 4.78 is 5.33. The average molecular weight is 232 g/mol. The van der Waals surface area contributed by atoms with Crippen molar-refractivity contribution in [3.8, 4) is 6.07 Å². The summed E-state index contributed by atoms with van der Waals surface area (Å²) in [4.78, 5) is 4.19. The molecule has 0 unspecified atom stereocenters. The Morgan fingerprint density at radius 3 is 2.88 bits per heavy atom. The number of ether oxygens (including phenoxy) is 1. The van der Waals surface area contributed by atoms with Crippen LogP contribution in [0.2, 0.25) is 0 Å². The van der Waals surface area contributed by atoms with E-state index < -0.39 is 0 Å². The average Bonchev–Trinajstić information content (AvgIpc) is 2.32. The molecule has 1 aromatic rings. The topological polar surface area (TPSA) is 84.0 Å². The molecule has 5 heteroatoms. The molecular formula is C12H16N4O. The van der Waals surface area contributed by atoms with Gasteiger partial charge in [-0.25, -0.2) is 4.98 Å². The van der Waals surface area contributed by atoms with Gasteiger partial charge < -0.3 is 15.8 Å². The smallest absolute Gasteiger partial charge is 0.144 e. The summed E-state index contributed by atoms with van der Waals surface area (Å²) in [6.07, 6.45) is 3.37. The molecule has 2 rings (SSSR count). The number of nitrogens with two attached hydrogens (primary N) is 1. The fraction of sp³-hybridized carbons (Fsp3) is 0.500. The lowest BCUT2D eigenvalue weighted by Gasteiger charge is -2.35. The molecule has 1 fully saturated rings. The Morgan fingerprint density at radius 2 is 2.24 bits per heavy atom. The lowest BCUT2D eigenvalue weighted by molar-refractivity contribution is 0.0657. The van der Waals surface area contributed by atoms with Crippen LogP contribution in [0.1, 0.15) is 25.3 Å². The minimum absolute atomic E-state index is 0.0625. The van der Waals surface area contributed by atoms with Crippen LogP contribution in [0, 0.1) is 11.3 Å². The van der Waals surface area contributed by atoms with E-state index in [4.69, 9.17) is 15.7 Å². The molecule has 1 aliphatic rings. The van der Waals surface area contributed by atoms with Gasteiger partial charge in [0.25, 0.3) is 0 Å². The molecule has 3 N–H and O–H groups in total. The van der Waals surface area contributed by atoms with Crippen LogP contribution >= 0.6 is 0 Å². The van der Waals surface area contributed by atoms with Crippen LogP contribution in [0.25, 0.3) is 0 Å². The van der Waals surface area contributed by atoms with Gasteiger partial charge >= 0.3 is 0 Å². The molecule has 0 radical (unpaired) electrons. The lowest BCUT2D eigenvalue weighted by atomic mass is 9.92. The highest BCUT2D eigenvalue weighted by atomic mass is 16.5. The number of pyridine rings is 1. The van der Waals surface area contributed by atoms with E-state index in [2.05, 4.69) is 23.3 Å². The summed E-state index contributed by atoms with van der Waals surface area (Å²) in [5, 5.41) is 12.4. The molecule has 0 atom stereocenters. The van der Waals surface area contributed by atoms with E-state index in [1.807, 2.05) is 0 Å². The highest BCUT2D eigenvalue weighted by Crippen LogP contribution is 2.26. The standard InChI is InChI=1S/C12H16N4O/c1-12(2-4-17-5-3-12)16-11-9(7-13)6-10(14)8-15-11/h6,8H,2-5,14H2,1H3,(H,15,16). The minimum Gasteiger partial charge on any atom is -0.397 e. The monoisotopic (exact) mass is 232 g/mol. The molecule has 0 spiro atoms. The second kappa shape index (κ2) is 4.60. The number of nitriles is 1. The van der Waals surface area contributed by atoms with Gasteiger partial charge in [0.1, 0.15) is 11.9 Å². The molecule has 1 aliphatic heterocycles. The maximum absolute atomic E-state index is 9.05. The molecule has 5 nitrogen and oxygen atoms in total. The summed E-state index contributed by atoms with van der Waals surface area (Å²) in [7, 11) is 0. The van der Waals surface area contributed by atoms with Crippen LogP contribution < -0.4 is 11.1 Å². The maximum Gasteiger partial charge on any atom is 0.144 e. The Morgan fingerprint density at radius 1 is 1.53 bits per heavy atom. The van der Waals surface area contributed by atoms with E-state index in [0.29, 0.717) is 17.1 Å². The maximum atomic E-state index is 9.05. The normalized spacial score (nSPS) is 18.4. The van der Waals surface area contributed by atoms with Gasteiger partial charge in [-0.3, -0.25) is 0 Å². The molecule has 1 saturated heterocycles. The van der Waals surface area contributed by atoms with E-state index in [1.165, 1.54) is 0 Å². The molecule has 17 heavy (non-hydrogen) atoms. The Hall–Kier alpha value is -1.80. The number of nitrogen functional groups attached to an aromatic ring is 1. The minimum atomic E-state index is -0.0625. The van der Waals surface area contributed by atoms with Gasteiger partial charge in [0.05, 0.1) is 17.4 Å². The Balaban J connectivity index is 2.20. The first-order valence-corrected chi connectivity index (χ1v) is 5.64. The van der Waals surface area contributed by atoms with Crippen LogP contribution in [-0.2, 0) is 4.74 Å². The molecule has 90 valence electrons. The number of hydrogen-bond acceptors (Lipinski definition) is 5. The van der Waals surface area contributed by atoms with Crippen molar-refractivity contribution in [2.45, 2.75) is 25.3 Å². The molecule has 0 bridgehead atoms. The second-order valence-electron chi connectivity index (χ2n) is 4.57. The third-order valence-electron chi connectivity index (χ3n) is 3.05. The van der Waals surface area contributed by atoms with E-state index in [9.17, 15) is 0 Å². The van der Waals surface area contributed by atoms with Gasteiger partial charge in [-0.2, -0.15) is 5.26 Å². The van der Waals surface area contributed by atoms with Gasteiger partial charge in [-0.1, -0.05) is 0 Å². The second-order valence-corrected chi connectivity index (χ2v) is 4.57. The van der Waals surface area contributed by atoms with Crippen molar-refractivity contribution in [1.82, 2.24) is 4.98 Å². The largest absolute Gasteiger partial charge is 0.397 e. The highest BCUT2D eigenvalue weighted by molar-refractivity contribution is 5.58. The van der Waals surface area contributed by atoms with E-state index >= 15 is 0 Å². The number of nitrogens with one attached hydrogen (secondary N) is 1.